The lowest BCUT2D eigenvalue weighted by Crippen LogP contribution is -2.28. The first-order valence-electron chi connectivity index (χ1n) is 7.09. The first-order chi connectivity index (χ1) is 9.49. The van der Waals surface area contributed by atoms with E-state index >= 15 is 0 Å². The third-order valence-electron chi connectivity index (χ3n) is 3.63. The summed E-state index contributed by atoms with van der Waals surface area (Å²) in [7, 11) is -2.03. The number of sulfonamides is 1. The normalized spacial score (nSPS) is 15.3. The second kappa shape index (κ2) is 6.01. The minimum atomic E-state index is -3.43. The lowest BCUT2D eigenvalue weighted by molar-refractivity contribution is 0.588. The summed E-state index contributed by atoms with van der Waals surface area (Å²) < 4.78 is 25.9. The van der Waals surface area contributed by atoms with Crippen LogP contribution in [0.2, 0.25) is 0 Å². The molecule has 1 saturated carbocycles. The maximum Gasteiger partial charge on any atom is 0.240 e. The molecule has 0 heterocycles. The largest absolute Gasteiger partial charge is 0.397 e. The van der Waals surface area contributed by atoms with E-state index in [4.69, 9.17) is 5.73 Å². The minimum Gasteiger partial charge on any atom is -0.397 e. The SMILES string of the molecule is CCCCN(c1ccc(S(=O)(=O)NC)cc1N)C1CC1. The zero-order chi connectivity index (χ0) is 14.8. The van der Waals surface area contributed by atoms with E-state index in [2.05, 4.69) is 16.5 Å². The summed E-state index contributed by atoms with van der Waals surface area (Å²) in [6, 6.07) is 5.56. The number of nitrogens with one attached hydrogen (secondary N) is 1. The Balaban J connectivity index is 2.28. The van der Waals surface area contributed by atoms with Gasteiger partial charge < -0.3 is 10.6 Å². The highest BCUT2D eigenvalue weighted by Crippen LogP contribution is 2.35. The molecular formula is C14H23N3O2S. The van der Waals surface area contributed by atoms with E-state index in [0.717, 1.165) is 25.1 Å². The minimum absolute atomic E-state index is 0.215. The summed E-state index contributed by atoms with van der Waals surface area (Å²) in [6.45, 7) is 3.14. The summed E-state index contributed by atoms with van der Waals surface area (Å²) >= 11 is 0. The number of hydrogen-bond acceptors (Lipinski definition) is 4. The summed E-state index contributed by atoms with van der Waals surface area (Å²) in [6.07, 6.45) is 4.64. The molecule has 0 unspecified atom stereocenters. The Bertz CT molecular complexity index is 568. The lowest BCUT2D eigenvalue weighted by atomic mass is 10.2. The van der Waals surface area contributed by atoms with Crippen LogP contribution in [-0.2, 0) is 10.0 Å². The van der Waals surface area contributed by atoms with Crippen LogP contribution in [0.3, 0.4) is 0 Å². The quantitative estimate of drug-likeness (QED) is 0.754. The van der Waals surface area contributed by atoms with Gasteiger partial charge in [0.2, 0.25) is 10.0 Å². The smallest absolute Gasteiger partial charge is 0.240 e. The Morgan fingerprint density at radius 1 is 1.40 bits per heavy atom. The van der Waals surface area contributed by atoms with Crippen LogP contribution in [-0.4, -0.2) is 28.1 Å². The molecule has 0 bridgehead atoms. The lowest BCUT2D eigenvalue weighted by Gasteiger charge is -2.26. The van der Waals surface area contributed by atoms with Crippen LogP contribution in [0.15, 0.2) is 23.1 Å². The molecule has 3 N–H and O–H groups in total. The van der Waals surface area contributed by atoms with Gasteiger partial charge in [0.15, 0.2) is 0 Å². The van der Waals surface area contributed by atoms with Crippen molar-refractivity contribution in [2.75, 3.05) is 24.2 Å². The fourth-order valence-electron chi connectivity index (χ4n) is 2.29. The van der Waals surface area contributed by atoms with E-state index < -0.39 is 10.0 Å². The van der Waals surface area contributed by atoms with E-state index in [1.165, 1.54) is 19.9 Å². The maximum absolute atomic E-state index is 11.8. The molecule has 0 saturated heterocycles. The van der Waals surface area contributed by atoms with Gasteiger partial charge in [0.25, 0.3) is 0 Å². The molecule has 2 rings (SSSR count). The highest BCUT2D eigenvalue weighted by molar-refractivity contribution is 7.89. The number of unbranched alkanes of at least 4 members (excludes halogenated alkanes) is 1. The van der Waals surface area contributed by atoms with Gasteiger partial charge in [-0.05, 0) is 44.5 Å². The van der Waals surface area contributed by atoms with Crippen LogP contribution >= 0.6 is 0 Å². The molecule has 5 nitrogen and oxygen atoms in total. The second-order valence-electron chi connectivity index (χ2n) is 5.21. The van der Waals surface area contributed by atoms with Gasteiger partial charge in [0.1, 0.15) is 0 Å². The molecule has 0 aromatic heterocycles. The van der Waals surface area contributed by atoms with Gasteiger partial charge in [-0.15, -0.1) is 0 Å². The number of nitrogens with two attached hydrogens (primary N) is 1. The van der Waals surface area contributed by atoms with Gasteiger partial charge in [0.05, 0.1) is 16.3 Å². The molecule has 1 aromatic rings. The van der Waals surface area contributed by atoms with Gasteiger partial charge in [0, 0.05) is 12.6 Å². The Kier molecular flexibility index (Phi) is 4.55. The van der Waals surface area contributed by atoms with Crippen molar-refractivity contribution in [3.05, 3.63) is 18.2 Å². The summed E-state index contributed by atoms with van der Waals surface area (Å²) in [4.78, 5) is 2.53. The van der Waals surface area contributed by atoms with Crippen molar-refractivity contribution in [2.24, 2.45) is 0 Å². The molecule has 1 fully saturated rings. The predicted octanol–water partition coefficient (Wildman–Crippen LogP) is 1.95. The number of nitrogens with zero attached hydrogens (tertiary/aromatic N) is 1. The number of anilines is 2. The van der Waals surface area contributed by atoms with E-state index in [1.54, 1.807) is 12.1 Å². The van der Waals surface area contributed by atoms with Gasteiger partial charge in [-0.3, -0.25) is 0 Å². The number of rotatable bonds is 7. The van der Waals surface area contributed by atoms with Crippen molar-refractivity contribution >= 4 is 21.4 Å². The summed E-state index contributed by atoms with van der Waals surface area (Å²) in [5.74, 6) is 0. The highest BCUT2D eigenvalue weighted by Gasteiger charge is 2.30. The van der Waals surface area contributed by atoms with Crippen LogP contribution in [0, 0.1) is 0 Å². The molecule has 0 radical (unpaired) electrons. The Morgan fingerprint density at radius 2 is 2.10 bits per heavy atom. The zero-order valence-corrected chi connectivity index (χ0v) is 12.9. The van der Waals surface area contributed by atoms with Crippen molar-refractivity contribution in [3.63, 3.8) is 0 Å². The molecule has 20 heavy (non-hydrogen) atoms. The molecule has 1 aliphatic rings. The van der Waals surface area contributed by atoms with Gasteiger partial charge in [-0.25, -0.2) is 13.1 Å². The van der Waals surface area contributed by atoms with Crippen molar-refractivity contribution in [1.29, 1.82) is 0 Å². The molecule has 0 aliphatic heterocycles. The van der Waals surface area contributed by atoms with E-state index in [-0.39, 0.29) is 4.90 Å². The molecule has 1 aliphatic carbocycles. The number of hydrogen-bond donors (Lipinski definition) is 2. The summed E-state index contributed by atoms with van der Waals surface area (Å²) in [5.41, 5.74) is 7.56. The summed E-state index contributed by atoms with van der Waals surface area (Å²) in [5, 5.41) is 0. The molecular weight excluding hydrogens is 274 g/mol. The second-order valence-corrected chi connectivity index (χ2v) is 7.09. The standard InChI is InChI=1S/C14H23N3O2S/c1-3-4-9-17(11-5-6-11)14-8-7-12(10-13(14)15)20(18,19)16-2/h7-8,10-11,16H,3-6,9,15H2,1-2H3. The Labute approximate surface area is 121 Å². The molecule has 6 heteroatoms. The topological polar surface area (TPSA) is 75.4 Å². The van der Waals surface area contributed by atoms with Crippen molar-refractivity contribution < 1.29 is 8.42 Å². The van der Waals surface area contributed by atoms with E-state index in [9.17, 15) is 8.42 Å². The first-order valence-corrected chi connectivity index (χ1v) is 8.57. The van der Waals surface area contributed by atoms with Gasteiger partial charge >= 0.3 is 0 Å². The predicted molar refractivity (Wildman–Crippen MR) is 82.4 cm³/mol. The van der Waals surface area contributed by atoms with Crippen LogP contribution in [0.4, 0.5) is 11.4 Å². The first kappa shape index (κ1) is 15.1. The molecule has 0 spiro atoms. The third-order valence-corrected chi connectivity index (χ3v) is 5.04. The Hall–Kier alpha value is -1.27. The van der Waals surface area contributed by atoms with Gasteiger partial charge in [-0.2, -0.15) is 0 Å². The highest BCUT2D eigenvalue weighted by atomic mass is 32.2. The average Bonchev–Trinajstić information content (AvgIpc) is 3.25. The monoisotopic (exact) mass is 297 g/mol. The van der Waals surface area contributed by atoms with Crippen molar-refractivity contribution in [3.8, 4) is 0 Å². The average molecular weight is 297 g/mol. The van der Waals surface area contributed by atoms with Crippen LogP contribution < -0.4 is 15.4 Å². The van der Waals surface area contributed by atoms with Crippen LogP contribution in [0.25, 0.3) is 0 Å². The molecule has 0 amide bonds. The van der Waals surface area contributed by atoms with Crippen LogP contribution in [0.1, 0.15) is 32.6 Å². The fourth-order valence-corrected chi connectivity index (χ4v) is 3.06. The number of benzene rings is 1. The van der Waals surface area contributed by atoms with Crippen molar-refractivity contribution in [2.45, 2.75) is 43.5 Å². The molecule has 0 atom stereocenters. The molecule has 1 aromatic carbocycles. The van der Waals surface area contributed by atoms with Crippen LogP contribution in [0.5, 0.6) is 0 Å². The Morgan fingerprint density at radius 3 is 2.60 bits per heavy atom. The maximum atomic E-state index is 11.8. The van der Waals surface area contributed by atoms with E-state index in [1.807, 2.05) is 6.07 Å². The van der Waals surface area contributed by atoms with Crippen molar-refractivity contribution in [1.82, 2.24) is 4.72 Å². The zero-order valence-electron chi connectivity index (χ0n) is 12.1. The number of nitrogen functional groups attached to an aromatic ring is 1. The molecule has 112 valence electrons. The fraction of sp³-hybridized carbons (Fsp3) is 0.571. The van der Waals surface area contributed by atoms with E-state index in [0.29, 0.717) is 11.7 Å². The third kappa shape index (κ3) is 3.24. The van der Waals surface area contributed by atoms with Gasteiger partial charge in [-0.1, -0.05) is 13.3 Å².